The molecule has 0 aliphatic carbocycles. The van der Waals surface area contributed by atoms with Crippen molar-refractivity contribution in [3.63, 3.8) is 0 Å². The van der Waals surface area contributed by atoms with Crippen molar-refractivity contribution in [2.75, 3.05) is 25.9 Å². The number of anilines is 1. The van der Waals surface area contributed by atoms with Crippen LogP contribution in [0.1, 0.15) is 23.1 Å². The van der Waals surface area contributed by atoms with Gasteiger partial charge in [-0.2, -0.15) is 4.31 Å². The van der Waals surface area contributed by atoms with Gasteiger partial charge in [0, 0.05) is 25.9 Å². The molecule has 1 saturated heterocycles. The van der Waals surface area contributed by atoms with Gasteiger partial charge in [0.1, 0.15) is 0 Å². The summed E-state index contributed by atoms with van der Waals surface area (Å²) >= 11 is 0. The molecule has 112 valence electrons. The van der Waals surface area contributed by atoms with Crippen LogP contribution in [0, 0.1) is 20.8 Å². The zero-order chi connectivity index (χ0) is 15.1. The second kappa shape index (κ2) is 5.35. The molecule has 0 bridgehead atoms. The summed E-state index contributed by atoms with van der Waals surface area (Å²) < 4.78 is 32.4. The fourth-order valence-corrected chi connectivity index (χ4v) is 4.75. The van der Waals surface area contributed by atoms with E-state index < -0.39 is 10.0 Å². The number of hydrogen-bond acceptors (Lipinski definition) is 4. The topological polar surface area (TPSA) is 72.6 Å². The van der Waals surface area contributed by atoms with Gasteiger partial charge < -0.3 is 10.5 Å². The van der Waals surface area contributed by atoms with Crippen LogP contribution in [-0.4, -0.2) is 39.0 Å². The lowest BCUT2D eigenvalue weighted by molar-refractivity contribution is 0.115. The van der Waals surface area contributed by atoms with Gasteiger partial charge in [0.2, 0.25) is 10.0 Å². The van der Waals surface area contributed by atoms with Gasteiger partial charge in [0.05, 0.1) is 11.0 Å². The molecule has 0 amide bonds. The number of rotatable bonds is 3. The summed E-state index contributed by atoms with van der Waals surface area (Å²) in [5.74, 6) is 0. The highest BCUT2D eigenvalue weighted by atomic mass is 32.2. The fourth-order valence-electron chi connectivity index (χ4n) is 2.82. The second-order valence-electron chi connectivity index (χ2n) is 5.39. The molecule has 1 aromatic carbocycles. The quantitative estimate of drug-likeness (QED) is 0.860. The molecule has 1 heterocycles. The van der Waals surface area contributed by atoms with Gasteiger partial charge in [-0.05, 0) is 43.9 Å². The van der Waals surface area contributed by atoms with Crippen molar-refractivity contribution in [2.24, 2.45) is 0 Å². The molecular formula is C14H22N2O3S. The Kier molecular flexibility index (Phi) is 4.09. The maximum atomic E-state index is 12.8. The fraction of sp³-hybridized carbons (Fsp3) is 0.571. The van der Waals surface area contributed by atoms with Gasteiger partial charge in [-0.15, -0.1) is 0 Å². The highest BCUT2D eigenvalue weighted by Gasteiger charge is 2.34. The first-order valence-corrected chi connectivity index (χ1v) is 8.12. The minimum atomic E-state index is -3.51. The van der Waals surface area contributed by atoms with Crippen molar-refractivity contribution in [2.45, 2.75) is 38.2 Å². The lowest BCUT2D eigenvalue weighted by Gasteiger charge is -2.21. The first-order valence-electron chi connectivity index (χ1n) is 6.68. The molecule has 0 radical (unpaired) electrons. The number of ether oxygens (including phenoxy) is 1. The Morgan fingerprint density at radius 2 is 1.95 bits per heavy atom. The summed E-state index contributed by atoms with van der Waals surface area (Å²) in [6, 6.07) is 1.83. The van der Waals surface area contributed by atoms with Crippen LogP contribution < -0.4 is 5.73 Å². The number of nitrogens with two attached hydrogens (primary N) is 1. The van der Waals surface area contributed by atoms with Gasteiger partial charge >= 0.3 is 0 Å². The number of nitrogens with zero attached hydrogens (tertiary/aromatic N) is 1. The molecule has 1 aliphatic rings. The number of sulfonamides is 1. The predicted octanol–water partition coefficient (Wildman–Crippen LogP) is 1.60. The lowest BCUT2D eigenvalue weighted by Crippen LogP contribution is -2.31. The van der Waals surface area contributed by atoms with Crippen molar-refractivity contribution in [3.8, 4) is 0 Å². The summed E-state index contributed by atoms with van der Waals surface area (Å²) in [6.45, 7) is 6.38. The van der Waals surface area contributed by atoms with Gasteiger partial charge in [-0.3, -0.25) is 0 Å². The molecule has 1 atom stereocenters. The van der Waals surface area contributed by atoms with Crippen LogP contribution in [0.5, 0.6) is 0 Å². The van der Waals surface area contributed by atoms with Gasteiger partial charge in [-0.25, -0.2) is 8.42 Å². The van der Waals surface area contributed by atoms with Crippen molar-refractivity contribution >= 4 is 15.7 Å². The van der Waals surface area contributed by atoms with Gasteiger partial charge in [-0.1, -0.05) is 6.07 Å². The number of methoxy groups -OCH3 is 1. The highest BCUT2D eigenvalue weighted by Crippen LogP contribution is 2.31. The van der Waals surface area contributed by atoms with Gasteiger partial charge in [0.15, 0.2) is 0 Å². The normalized spacial score (nSPS) is 20.5. The summed E-state index contributed by atoms with van der Waals surface area (Å²) in [6.07, 6.45) is 0.711. The maximum Gasteiger partial charge on any atom is 0.243 e. The predicted molar refractivity (Wildman–Crippen MR) is 79.2 cm³/mol. The van der Waals surface area contributed by atoms with E-state index in [0.29, 0.717) is 29.2 Å². The molecule has 2 N–H and O–H groups in total. The van der Waals surface area contributed by atoms with Crippen molar-refractivity contribution in [1.29, 1.82) is 0 Å². The van der Waals surface area contributed by atoms with Gasteiger partial charge in [0.25, 0.3) is 0 Å². The standard InChI is InChI=1S/C14H22N2O3S/c1-9-7-10(2)14(11(3)13(9)15)20(17,18)16-6-5-12(8-16)19-4/h7,12H,5-6,8,15H2,1-4H3. The molecule has 6 heteroatoms. The Balaban J connectivity index is 2.48. The molecule has 1 aliphatic heterocycles. The van der Waals surface area contributed by atoms with Crippen LogP contribution in [0.4, 0.5) is 5.69 Å². The zero-order valence-corrected chi connectivity index (χ0v) is 13.3. The molecule has 0 saturated carbocycles. The third-order valence-electron chi connectivity index (χ3n) is 4.00. The van der Waals surface area contributed by atoms with E-state index in [1.807, 2.05) is 19.9 Å². The van der Waals surface area contributed by atoms with Crippen LogP contribution in [0.3, 0.4) is 0 Å². The molecule has 1 aromatic rings. The Hall–Kier alpha value is -1.11. The van der Waals surface area contributed by atoms with Crippen LogP contribution in [-0.2, 0) is 14.8 Å². The van der Waals surface area contributed by atoms with Crippen LogP contribution >= 0.6 is 0 Å². The second-order valence-corrected chi connectivity index (χ2v) is 7.26. The van der Waals surface area contributed by atoms with Crippen LogP contribution in [0.2, 0.25) is 0 Å². The average Bonchev–Trinajstić information content (AvgIpc) is 2.85. The number of hydrogen-bond donors (Lipinski definition) is 1. The number of benzene rings is 1. The maximum absolute atomic E-state index is 12.8. The molecule has 0 aromatic heterocycles. The third-order valence-corrected chi connectivity index (χ3v) is 6.16. The summed E-state index contributed by atoms with van der Waals surface area (Å²) in [5, 5.41) is 0. The molecule has 20 heavy (non-hydrogen) atoms. The van der Waals surface area contributed by atoms with E-state index in [1.165, 1.54) is 4.31 Å². The molecule has 2 rings (SSSR count). The number of nitrogen functional groups attached to an aromatic ring is 1. The first-order chi connectivity index (χ1) is 9.28. The third kappa shape index (κ3) is 2.43. The molecule has 5 nitrogen and oxygen atoms in total. The SMILES string of the molecule is COC1CCN(S(=O)(=O)c2c(C)cc(C)c(N)c2C)C1. The monoisotopic (exact) mass is 298 g/mol. The minimum absolute atomic E-state index is 0.0202. The van der Waals surface area contributed by atoms with E-state index in [4.69, 9.17) is 10.5 Å². The Morgan fingerprint density at radius 1 is 1.30 bits per heavy atom. The van der Waals surface area contributed by atoms with E-state index in [2.05, 4.69) is 0 Å². The highest BCUT2D eigenvalue weighted by molar-refractivity contribution is 7.89. The molecular weight excluding hydrogens is 276 g/mol. The average molecular weight is 298 g/mol. The summed E-state index contributed by atoms with van der Waals surface area (Å²) in [7, 11) is -1.90. The lowest BCUT2D eigenvalue weighted by atomic mass is 10.1. The van der Waals surface area contributed by atoms with E-state index in [9.17, 15) is 8.42 Å². The largest absolute Gasteiger partial charge is 0.398 e. The van der Waals surface area contributed by atoms with Crippen molar-refractivity contribution < 1.29 is 13.2 Å². The Bertz CT molecular complexity index is 626. The van der Waals surface area contributed by atoms with Crippen LogP contribution in [0.15, 0.2) is 11.0 Å². The van der Waals surface area contributed by atoms with Crippen molar-refractivity contribution in [1.82, 2.24) is 4.31 Å². The van der Waals surface area contributed by atoms with Crippen molar-refractivity contribution in [3.05, 3.63) is 22.8 Å². The Labute approximate surface area is 120 Å². The minimum Gasteiger partial charge on any atom is -0.398 e. The molecule has 1 fully saturated rings. The zero-order valence-electron chi connectivity index (χ0n) is 12.4. The first kappa shape index (κ1) is 15.3. The van der Waals surface area contributed by atoms with Crippen LogP contribution in [0.25, 0.3) is 0 Å². The molecule has 1 unspecified atom stereocenters. The summed E-state index contributed by atoms with van der Waals surface area (Å²) in [5.41, 5.74) is 8.84. The smallest absolute Gasteiger partial charge is 0.243 e. The molecule has 0 spiro atoms. The van der Waals surface area contributed by atoms with E-state index in [-0.39, 0.29) is 6.10 Å². The number of aryl methyl sites for hydroxylation is 2. The van der Waals surface area contributed by atoms with E-state index >= 15 is 0 Å². The van der Waals surface area contributed by atoms with E-state index in [0.717, 1.165) is 17.5 Å². The summed E-state index contributed by atoms with van der Waals surface area (Å²) in [4.78, 5) is 0.345. The van der Waals surface area contributed by atoms with E-state index in [1.54, 1.807) is 14.0 Å². The Morgan fingerprint density at radius 3 is 2.50 bits per heavy atom.